The molecule has 0 aromatic carbocycles. The van der Waals surface area contributed by atoms with Crippen LogP contribution in [-0.2, 0) is 9.53 Å². The van der Waals surface area contributed by atoms with Crippen molar-refractivity contribution in [1.82, 2.24) is 0 Å². The van der Waals surface area contributed by atoms with Crippen LogP contribution in [0.15, 0.2) is 36.5 Å². The minimum Gasteiger partial charge on any atom is -0.481 e. The van der Waals surface area contributed by atoms with Crippen molar-refractivity contribution in [2.24, 2.45) is 0 Å². The maximum absolute atomic E-state index is 10.4. The van der Waals surface area contributed by atoms with Crippen molar-refractivity contribution in [3.63, 3.8) is 0 Å². The van der Waals surface area contributed by atoms with E-state index in [-0.39, 0.29) is 12.5 Å². The van der Waals surface area contributed by atoms with E-state index in [1.165, 1.54) is 0 Å². The standard InChI is InChI=1S/C20H32O4/c1-2-18-19(24-18)16-17(21)14-12-10-8-6-4-3-5-7-9-11-13-15-20(22)23/h3-4,8,10,12,14,17-19,21H,2,5-7,9,11,13,15-16H2,1H3,(H,22,23)/b4-3-,10-8-,14-12+. The zero-order chi connectivity index (χ0) is 17.6. The van der Waals surface area contributed by atoms with Gasteiger partial charge in [-0.3, -0.25) is 4.79 Å². The molecule has 0 bridgehead atoms. The summed E-state index contributed by atoms with van der Waals surface area (Å²) in [5, 5.41) is 18.3. The van der Waals surface area contributed by atoms with E-state index in [1.54, 1.807) is 0 Å². The van der Waals surface area contributed by atoms with Gasteiger partial charge in [0.05, 0.1) is 18.3 Å². The highest BCUT2D eigenvalue weighted by Crippen LogP contribution is 2.29. The fourth-order valence-corrected chi connectivity index (χ4v) is 2.60. The molecule has 1 heterocycles. The summed E-state index contributed by atoms with van der Waals surface area (Å²) in [5.41, 5.74) is 0. The summed E-state index contributed by atoms with van der Waals surface area (Å²) in [6.45, 7) is 2.10. The van der Waals surface area contributed by atoms with E-state index in [0.717, 1.165) is 44.9 Å². The van der Waals surface area contributed by atoms with Crippen LogP contribution >= 0.6 is 0 Å². The van der Waals surface area contributed by atoms with Crippen molar-refractivity contribution in [2.75, 3.05) is 0 Å². The molecular weight excluding hydrogens is 304 g/mol. The first-order chi connectivity index (χ1) is 11.6. The van der Waals surface area contributed by atoms with Crippen molar-refractivity contribution in [3.05, 3.63) is 36.5 Å². The second kappa shape index (κ2) is 13.0. The first kappa shape index (κ1) is 20.7. The number of aliphatic hydroxyl groups is 1. The Balaban J connectivity index is 1.93. The lowest BCUT2D eigenvalue weighted by atomic mass is 10.1. The number of ether oxygens (including phenoxy) is 1. The molecule has 0 saturated carbocycles. The molecule has 3 atom stereocenters. The molecule has 0 amide bonds. The molecule has 1 aliphatic rings. The Morgan fingerprint density at radius 2 is 1.88 bits per heavy atom. The maximum Gasteiger partial charge on any atom is 0.303 e. The lowest BCUT2D eigenvalue weighted by Gasteiger charge is -2.00. The van der Waals surface area contributed by atoms with Crippen LogP contribution in [0.4, 0.5) is 0 Å². The van der Waals surface area contributed by atoms with E-state index in [1.807, 2.05) is 18.2 Å². The average molecular weight is 336 g/mol. The predicted octanol–water partition coefficient (Wildman–Crippen LogP) is 4.40. The van der Waals surface area contributed by atoms with Crippen molar-refractivity contribution in [2.45, 2.75) is 83.0 Å². The van der Waals surface area contributed by atoms with Crippen LogP contribution in [-0.4, -0.2) is 34.5 Å². The second-order valence-corrected chi connectivity index (χ2v) is 6.29. The Hall–Kier alpha value is -1.39. The molecule has 4 nitrogen and oxygen atoms in total. The molecule has 3 unspecified atom stereocenters. The Kier molecular flexibility index (Phi) is 11.2. The quantitative estimate of drug-likeness (QED) is 0.213. The molecule has 1 fully saturated rings. The smallest absolute Gasteiger partial charge is 0.303 e. The Morgan fingerprint density at radius 3 is 2.58 bits per heavy atom. The van der Waals surface area contributed by atoms with Crippen LogP contribution in [0.5, 0.6) is 0 Å². The molecular formula is C20H32O4. The van der Waals surface area contributed by atoms with Gasteiger partial charge in [0.2, 0.25) is 0 Å². The number of aliphatic carboxylic acids is 1. The number of hydrogen-bond acceptors (Lipinski definition) is 3. The highest BCUT2D eigenvalue weighted by Gasteiger charge is 2.37. The molecule has 136 valence electrons. The van der Waals surface area contributed by atoms with E-state index >= 15 is 0 Å². The van der Waals surface area contributed by atoms with Gasteiger partial charge in [0.1, 0.15) is 0 Å². The minimum atomic E-state index is -0.700. The van der Waals surface area contributed by atoms with E-state index in [0.29, 0.717) is 12.5 Å². The Labute approximate surface area is 145 Å². The topological polar surface area (TPSA) is 70.1 Å². The van der Waals surface area contributed by atoms with E-state index in [9.17, 15) is 9.90 Å². The summed E-state index contributed by atoms with van der Waals surface area (Å²) in [4.78, 5) is 10.4. The van der Waals surface area contributed by atoms with Crippen LogP contribution in [0.25, 0.3) is 0 Å². The van der Waals surface area contributed by atoms with Gasteiger partial charge >= 0.3 is 5.97 Å². The number of carboxylic acid groups (broad SMARTS) is 1. The maximum atomic E-state index is 10.4. The number of epoxide rings is 1. The number of hydrogen-bond donors (Lipinski definition) is 2. The number of allylic oxidation sites excluding steroid dienone is 5. The lowest BCUT2D eigenvalue weighted by molar-refractivity contribution is -0.137. The van der Waals surface area contributed by atoms with Crippen molar-refractivity contribution < 1.29 is 19.7 Å². The third kappa shape index (κ3) is 11.2. The largest absolute Gasteiger partial charge is 0.481 e. The molecule has 4 heteroatoms. The SMILES string of the molecule is CCC1OC1CC(O)/C=C/C=C\C/C=C\CCCCCCC(=O)O. The molecule has 2 N–H and O–H groups in total. The normalized spacial score (nSPS) is 21.9. The van der Waals surface area contributed by atoms with E-state index < -0.39 is 12.1 Å². The number of aliphatic hydroxyl groups excluding tert-OH is 1. The summed E-state index contributed by atoms with van der Waals surface area (Å²) in [6, 6.07) is 0. The molecule has 0 aliphatic carbocycles. The summed E-state index contributed by atoms with van der Waals surface area (Å²) < 4.78 is 5.41. The third-order valence-electron chi connectivity index (χ3n) is 4.09. The zero-order valence-electron chi connectivity index (χ0n) is 14.8. The van der Waals surface area contributed by atoms with Crippen LogP contribution in [0.3, 0.4) is 0 Å². The monoisotopic (exact) mass is 336 g/mol. The van der Waals surface area contributed by atoms with Gasteiger partial charge in [0.15, 0.2) is 0 Å². The molecule has 1 aliphatic heterocycles. The molecule has 0 radical (unpaired) electrons. The summed E-state index contributed by atoms with van der Waals surface area (Å²) >= 11 is 0. The summed E-state index contributed by atoms with van der Waals surface area (Å²) in [7, 11) is 0. The highest BCUT2D eigenvalue weighted by atomic mass is 16.6. The number of rotatable bonds is 14. The summed E-state index contributed by atoms with van der Waals surface area (Å²) in [6.07, 6.45) is 20.2. The van der Waals surface area contributed by atoms with Gasteiger partial charge in [-0.1, -0.05) is 56.2 Å². The van der Waals surface area contributed by atoms with E-state index in [4.69, 9.17) is 9.84 Å². The van der Waals surface area contributed by atoms with E-state index in [2.05, 4.69) is 25.2 Å². The Bertz CT molecular complexity index is 425. The fourth-order valence-electron chi connectivity index (χ4n) is 2.60. The molecule has 0 spiro atoms. The predicted molar refractivity (Wildman–Crippen MR) is 97.0 cm³/mol. The molecule has 0 aromatic heterocycles. The van der Waals surface area contributed by atoms with Gasteiger partial charge in [0.25, 0.3) is 0 Å². The van der Waals surface area contributed by atoms with Crippen molar-refractivity contribution in [3.8, 4) is 0 Å². The van der Waals surface area contributed by atoms with Gasteiger partial charge in [-0.05, 0) is 32.1 Å². The van der Waals surface area contributed by atoms with Gasteiger partial charge < -0.3 is 14.9 Å². The second-order valence-electron chi connectivity index (χ2n) is 6.29. The highest BCUT2D eigenvalue weighted by molar-refractivity contribution is 5.66. The summed E-state index contributed by atoms with van der Waals surface area (Å²) in [5.74, 6) is -0.700. The van der Waals surface area contributed by atoms with Crippen LogP contribution < -0.4 is 0 Å². The van der Waals surface area contributed by atoms with Crippen LogP contribution in [0, 0.1) is 0 Å². The molecule has 24 heavy (non-hydrogen) atoms. The van der Waals surface area contributed by atoms with Crippen LogP contribution in [0.1, 0.15) is 64.7 Å². The Morgan fingerprint density at radius 1 is 1.08 bits per heavy atom. The molecule has 1 rings (SSSR count). The average Bonchev–Trinajstić information content (AvgIpc) is 3.29. The van der Waals surface area contributed by atoms with Crippen molar-refractivity contribution >= 4 is 5.97 Å². The van der Waals surface area contributed by atoms with Crippen molar-refractivity contribution in [1.29, 1.82) is 0 Å². The van der Waals surface area contributed by atoms with Gasteiger partial charge in [-0.15, -0.1) is 0 Å². The first-order valence-electron chi connectivity index (χ1n) is 9.17. The third-order valence-corrected chi connectivity index (χ3v) is 4.09. The number of unbranched alkanes of at least 4 members (excludes halogenated alkanes) is 4. The zero-order valence-corrected chi connectivity index (χ0v) is 14.8. The van der Waals surface area contributed by atoms with Gasteiger partial charge in [-0.25, -0.2) is 0 Å². The van der Waals surface area contributed by atoms with Crippen LogP contribution in [0.2, 0.25) is 0 Å². The van der Waals surface area contributed by atoms with Gasteiger partial charge in [-0.2, -0.15) is 0 Å². The minimum absolute atomic E-state index is 0.241. The lowest BCUT2D eigenvalue weighted by Crippen LogP contribution is -2.07. The number of carbonyl (C=O) groups is 1. The number of carboxylic acids is 1. The molecule has 0 aromatic rings. The van der Waals surface area contributed by atoms with Gasteiger partial charge in [0, 0.05) is 12.8 Å². The fraction of sp³-hybridized carbons (Fsp3) is 0.650. The molecule has 1 saturated heterocycles. The first-order valence-corrected chi connectivity index (χ1v) is 9.17.